The summed E-state index contributed by atoms with van der Waals surface area (Å²) in [6.07, 6.45) is 1.01. The van der Waals surface area contributed by atoms with Crippen molar-refractivity contribution in [1.29, 1.82) is 0 Å². The average Bonchev–Trinajstić information content (AvgIpc) is 2.56. The SMILES string of the molecule is CN1CCCn2nc(C(=O)N3CC(CO)C3)c(Cl)c2C1. The molecule has 0 radical (unpaired) electrons. The van der Waals surface area contributed by atoms with Crippen LogP contribution in [0.2, 0.25) is 5.02 Å². The molecule has 3 heterocycles. The molecule has 1 amide bonds. The van der Waals surface area contributed by atoms with E-state index in [0.29, 0.717) is 23.8 Å². The van der Waals surface area contributed by atoms with Crippen LogP contribution in [0.1, 0.15) is 22.6 Å². The number of carbonyl (C=O) groups excluding carboxylic acids is 1. The van der Waals surface area contributed by atoms with Crippen molar-refractivity contribution in [3.8, 4) is 0 Å². The van der Waals surface area contributed by atoms with Gasteiger partial charge in [0, 0.05) is 45.2 Å². The molecule has 7 heteroatoms. The first-order valence-electron chi connectivity index (χ1n) is 6.94. The molecule has 2 aliphatic heterocycles. The second kappa shape index (κ2) is 5.35. The summed E-state index contributed by atoms with van der Waals surface area (Å²) in [5, 5.41) is 13.9. The van der Waals surface area contributed by atoms with E-state index in [0.717, 1.165) is 31.7 Å². The predicted octanol–water partition coefficient (Wildman–Crippen LogP) is 0.436. The van der Waals surface area contributed by atoms with E-state index in [4.69, 9.17) is 16.7 Å². The van der Waals surface area contributed by atoms with E-state index in [9.17, 15) is 4.79 Å². The lowest BCUT2D eigenvalue weighted by Crippen LogP contribution is -2.51. The van der Waals surface area contributed by atoms with Gasteiger partial charge in [0.1, 0.15) is 0 Å². The van der Waals surface area contributed by atoms with Gasteiger partial charge in [0.25, 0.3) is 5.91 Å². The second-order valence-corrected chi connectivity index (χ2v) is 6.06. The summed E-state index contributed by atoms with van der Waals surface area (Å²) in [5.74, 6) is 0.0761. The molecule has 3 rings (SSSR count). The number of fused-ring (bicyclic) bond motifs is 1. The van der Waals surface area contributed by atoms with Gasteiger partial charge >= 0.3 is 0 Å². The van der Waals surface area contributed by atoms with E-state index in [2.05, 4.69) is 10.00 Å². The molecule has 0 aromatic carbocycles. The summed E-state index contributed by atoms with van der Waals surface area (Å²) in [6.45, 7) is 3.83. The molecule has 1 N–H and O–H groups in total. The van der Waals surface area contributed by atoms with Gasteiger partial charge in [-0.1, -0.05) is 11.6 Å². The van der Waals surface area contributed by atoms with Gasteiger partial charge in [0.2, 0.25) is 0 Å². The standard InChI is InChI=1S/C13H19ClN4O2/c1-16-3-2-4-18-10(7-16)11(14)12(15-18)13(20)17-5-9(6-17)8-19/h9,19H,2-8H2,1H3. The Hall–Kier alpha value is -1.11. The molecule has 0 unspecified atom stereocenters. The predicted molar refractivity (Wildman–Crippen MR) is 74.7 cm³/mol. The minimum absolute atomic E-state index is 0.122. The van der Waals surface area contributed by atoms with Gasteiger partial charge in [-0.3, -0.25) is 9.48 Å². The van der Waals surface area contributed by atoms with Crippen LogP contribution in [0, 0.1) is 5.92 Å². The smallest absolute Gasteiger partial charge is 0.275 e. The zero-order valence-electron chi connectivity index (χ0n) is 11.5. The highest BCUT2D eigenvalue weighted by Crippen LogP contribution is 2.27. The van der Waals surface area contributed by atoms with Crippen LogP contribution >= 0.6 is 11.6 Å². The lowest BCUT2D eigenvalue weighted by molar-refractivity contribution is 0.0356. The van der Waals surface area contributed by atoms with E-state index in [1.54, 1.807) is 4.90 Å². The van der Waals surface area contributed by atoms with Crippen LogP contribution in [0.25, 0.3) is 0 Å². The average molecular weight is 299 g/mol. The van der Waals surface area contributed by atoms with Gasteiger partial charge in [-0.25, -0.2) is 0 Å². The Balaban J connectivity index is 1.81. The summed E-state index contributed by atoms with van der Waals surface area (Å²) in [6, 6.07) is 0. The molecule has 1 aromatic heterocycles. The molecule has 110 valence electrons. The van der Waals surface area contributed by atoms with Gasteiger partial charge in [-0.2, -0.15) is 5.10 Å². The van der Waals surface area contributed by atoms with Crippen LogP contribution in [-0.4, -0.2) is 63.9 Å². The van der Waals surface area contributed by atoms with Crippen LogP contribution in [0.5, 0.6) is 0 Å². The van der Waals surface area contributed by atoms with Crippen LogP contribution < -0.4 is 0 Å². The molecule has 1 saturated heterocycles. The number of hydrogen-bond acceptors (Lipinski definition) is 4. The third-order valence-corrected chi connectivity index (χ3v) is 4.43. The van der Waals surface area contributed by atoms with E-state index in [1.807, 2.05) is 11.7 Å². The number of hydrogen-bond donors (Lipinski definition) is 1. The van der Waals surface area contributed by atoms with Gasteiger partial charge in [-0.15, -0.1) is 0 Å². The maximum atomic E-state index is 12.4. The molecular weight excluding hydrogens is 280 g/mol. The van der Waals surface area contributed by atoms with Crippen molar-refractivity contribution in [1.82, 2.24) is 19.6 Å². The van der Waals surface area contributed by atoms with E-state index in [1.165, 1.54) is 0 Å². The number of aromatic nitrogens is 2. The summed E-state index contributed by atoms with van der Waals surface area (Å²) >= 11 is 6.36. The Morgan fingerprint density at radius 1 is 1.45 bits per heavy atom. The molecule has 0 atom stereocenters. The molecule has 2 aliphatic rings. The lowest BCUT2D eigenvalue weighted by Gasteiger charge is -2.37. The van der Waals surface area contributed by atoms with Crippen molar-refractivity contribution in [2.75, 3.05) is 33.3 Å². The number of aliphatic hydroxyl groups is 1. The van der Waals surface area contributed by atoms with E-state index < -0.39 is 0 Å². The lowest BCUT2D eigenvalue weighted by atomic mass is 10.0. The minimum atomic E-state index is -0.122. The molecule has 0 bridgehead atoms. The normalized spacial score (nSPS) is 20.4. The Morgan fingerprint density at radius 2 is 2.20 bits per heavy atom. The third kappa shape index (κ3) is 2.32. The maximum Gasteiger partial charge on any atom is 0.275 e. The Morgan fingerprint density at radius 3 is 2.90 bits per heavy atom. The monoisotopic (exact) mass is 298 g/mol. The highest BCUT2D eigenvalue weighted by Gasteiger charge is 2.34. The number of aliphatic hydroxyl groups excluding tert-OH is 1. The zero-order valence-corrected chi connectivity index (χ0v) is 12.3. The molecule has 1 fully saturated rings. The topological polar surface area (TPSA) is 61.6 Å². The molecule has 0 aliphatic carbocycles. The number of nitrogens with zero attached hydrogens (tertiary/aromatic N) is 4. The number of halogens is 1. The quantitative estimate of drug-likeness (QED) is 0.860. The van der Waals surface area contributed by atoms with Crippen LogP contribution in [0.15, 0.2) is 0 Å². The number of aryl methyl sites for hydroxylation is 1. The molecular formula is C13H19ClN4O2. The van der Waals surface area contributed by atoms with Gasteiger partial charge in [-0.05, 0) is 13.5 Å². The largest absolute Gasteiger partial charge is 0.396 e. The molecule has 0 saturated carbocycles. The maximum absolute atomic E-state index is 12.4. The van der Waals surface area contributed by atoms with Gasteiger partial charge < -0.3 is 14.9 Å². The summed E-state index contributed by atoms with van der Waals surface area (Å²) in [5.41, 5.74) is 1.28. The van der Waals surface area contributed by atoms with Crippen molar-refractivity contribution in [3.05, 3.63) is 16.4 Å². The highest BCUT2D eigenvalue weighted by atomic mass is 35.5. The minimum Gasteiger partial charge on any atom is -0.396 e. The van der Waals surface area contributed by atoms with Crippen molar-refractivity contribution < 1.29 is 9.90 Å². The third-order valence-electron chi connectivity index (χ3n) is 4.03. The van der Waals surface area contributed by atoms with Crippen molar-refractivity contribution in [3.63, 3.8) is 0 Å². The highest BCUT2D eigenvalue weighted by molar-refractivity contribution is 6.34. The van der Waals surface area contributed by atoms with Crippen LogP contribution in [0.4, 0.5) is 0 Å². The first-order valence-corrected chi connectivity index (χ1v) is 7.31. The fourth-order valence-electron chi connectivity index (χ4n) is 2.77. The Labute approximate surface area is 122 Å². The molecule has 6 nitrogen and oxygen atoms in total. The first-order chi connectivity index (χ1) is 9.60. The Bertz CT molecular complexity index is 525. The number of likely N-dealkylation sites (tertiary alicyclic amines) is 1. The summed E-state index contributed by atoms with van der Waals surface area (Å²) < 4.78 is 1.86. The molecule has 20 heavy (non-hydrogen) atoms. The van der Waals surface area contributed by atoms with E-state index >= 15 is 0 Å². The van der Waals surface area contributed by atoms with Crippen LogP contribution in [0.3, 0.4) is 0 Å². The van der Waals surface area contributed by atoms with E-state index in [-0.39, 0.29) is 18.4 Å². The van der Waals surface area contributed by atoms with Crippen molar-refractivity contribution >= 4 is 17.5 Å². The van der Waals surface area contributed by atoms with Crippen molar-refractivity contribution in [2.45, 2.75) is 19.5 Å². The molecule has 1 aromatic rings. The fourth-order valence-corrected chi connectivity index (χ4v) is 3.05. The zero-order chi connectivity index (χ0) is 14.3. The number of carbonyl (C=O) groups is 1. The van der Waals surface area contributed by atoms with Gasteiger partial charge in [0.15, 0.2) is 5.69 Å². The summed E-state index contributed by atoms with van der Waals surface area (Å²) in [7, 11) is 2.04. The Kier molecular flexibility index (Phi) is 3.70. The number of amides is 1. The van der Waals surface area contributed by atoms with Crippen LogP contribution in [-0.2, 0) is 13.1 Å². The second-order valence-electron chi connectivity index (χ2n) is 5.68. The number of rotatable bonds is 2. The van der Waals surface area contributed by atoms with Crippen molar-refractivity contribution in [2.24, 2.45) is 5.92 Å². The fraction of sp³-hybridized carbons (Fsp3) is 0.692. The molecule has 0 spiro atoms. The first kappa shape index (κ1) is 13.9. The summed E-state index contributed by atoms with van der Waals surface area (Å²) in [4.78, 5) is 16.2. The van der Waals surface area contributed by atoms with Gasteiger partial charge in [0.05, 0.1) is 10.7 Å².